The topological polar surface area (TPSA) is 191 Å². The van der Waals surface area contributed by atoms with Gasteiger partial charge in [0.05, 0.1) is 11.5 Å². The van der Waals surface area contributed by atoms with Crippen molar-refractivity contribution in [3.63, 3.8) is 0 Å². The second-order valence-corrected chi connectivity index (χ2v) is 7.55. The standard InChI is InChI=1S/C16H20N4O9S/c1-16(2)7(12(24)20(16)29-14(27-3)13(25)26)4-9(21)11(19-28-5-10(22)23)8-6-30-15(17)18-8/h6-7,14H,4-5H2,1-3H3,(H2,17,18)(H,22,23)(H,25,26)/b19-11-/t7-,14?/m1/s1. The van der Waals surface area contributed by atoms with E-state index in [1.807, 2.05) is 0 Å². The molecule has 1 aliphatic rings. The highest BCUT2D eigenvalue weighted by molar-refractivity contribution is 7.13. The summed E-state index contributed by atoms with van der Waals surface area (Å²) < 4.78 is 4.65. The number of carboxylic acids is 2. The Morgan fingerprint density at radius 3 is 2.53 bits per heavy atom. The Balaban J connectivity index is 2.16. The van der Waals surface area contributed by atoms with Gasteiger partial charge in [0.25, 0.3) is 12.2 Å². The summed E-state index contributed by atoms with van der Waals surface area (Å²) in [5.41, 5.74) is 4.33. The third kappa shape index (κ3) is 4.90. The predicted molar refractivity (Wildman–Crippen MR) is 100 cm³/mol. The van der Waals surface area contributed by atoms with E-state index in [1.165, 1.54) is 5.38 Å². The maximum Gasteiger partial charge on any atom is 0.363 e. The van der Waals surface area contributed by atoms with E-state index >= 15 is 0 Å². The van der Waals surface area contributed by atoms with Crippen LogP contribution >= 0.6 is 11.3 Å². The highest BCUT2D eigenvalue weighted by Gasteiger charge is 2.57. The van der Waals surface area contributed by atoms with Crippen LogP contribution in [0.4, 0.5) is 5.13 Å². The van der Waals surface area contributed by atoms with Crippen LogP contribution in [-0.2, 0) is 33.6 Å². The number of oxime groups is 1. The second-order valence-electron chi connectivity index (χ2n) is 6.66. The summed E-state index contributed by atoms with van der Waals surface area (Å²) in [5.74, 6) is -4.85. The van der Waals surface area contributed by atoms with Gasteiger partial charge in [-0.2, -0.15) is 0 Å². The molecule has 1 aromatic rings. The van der Waals surface area contributed by atoms with E-state index < -0.39 is 48.0 Å². The van der Waals surface area contributed by atoms with Crippen molar-refractivity contribution in [1.82, 2.24) is 10.0 Å². The lowest BCUT2D eigenvalue weighted by Crippen LogP contribution is -2.69. The van der Waals surface area contributed by atoms with Crippen molar-refractivity contribution < 1.29 is 43.8 Å². The number of methoxy groups -OCH3 is 1. The number of carbonyl (C=O) groups excluding carboxylic acids is 2. The Morgan fingerprint density at radius 2 is 2.07 bits per heavy atom. The highest BCUT2D eigenvalue weighted by atomic mass is 32.1. The monoisotopic (exact) mass is 444 g/mol. The maximum absolute atomic E-state index is 12.8. The van der Waals surface area contributed by atoms with E-state index in [4.69, 9.17) is 20.8 Å². The Kier molecular flexibility index (Phi) is 7.07. The van der Waals surface area contributed by atoms with Crippen molar-refractivity contribution in [2.45, 2.75) is 32.1 Å². The number of ether oxygens (including phenoxy) is 1. The molecule has 0 bridgehead atoms. The molecule has 1 aromatic heterocycles. The summed E-state index contributed by atoms with van der Waals surface area (Å²) in [5, 5.41) is 23.7. The molecule has 1 amide bonds. The minimum absolute atomic E-state index is 0.0795. The number of Topliss-reactive ketones (excluding diaryl/α,β-unsaturated/α-hetero) is 1. The van der Waals surface area contributed by atoms with Gasteiger partial charge >= 0.3 is 11.9 Å². The van der Waals surface area contributed by atoms with Crippen LogP contribution in [0.1, 0.15) is 26.0 Å². The molecule has 0 spiro atoms. The number of hydrogen-bond donors (Lipinski definition) is 3. The molecule has 0 radical (unpaired) electrons. The van der Waals surface area contributed by atoms with E-state index in [2.05, 4.69) is 19.7 Å². The zero-order chi connectivity index (χ0) is 22.6. The van der Waals surface area contributed by atoms with Crippen molar-refractivity contribution >= 4 is 45.8 Å². The fourth-order valence-electron chi connectivity index (χ4n) is 2.68. The van der Waals surface area contributed by atoms with Gasteiger partial charge in [0.15, 0.2) is 16.6 Å². The minimum Gasteiger partial charge on any atom is -0.479 e. The Labute approximate surface area is 174 Å². The number of nitrogens with zero attached hydrogens (tertiary/aromatic N) is 3. The average molecular weight is 444 g/mol. The summed E-state index contributed by atoms with van der Waals surface area (Å²) in [6.45, 7) is 2.39. The lowest BCUT2D eigenvalue weighted by atomic mass is 9.74. The van der Waals surface area contributed by atoms with Gasteiger partial charge in [-0.15, -0.1) is 11.3 Å². The van der Waals surface area contributed by atoms with Crippen LogP contribution in [0.25, 0.3) is 0 Å². The molecule has 13 nitrogen and oxygen atoms in total. The number of hydroxylamine groups is 2. The summed E-state index contributed by atoms with van der Waals surface area (Å²) in [6.07, 6.45) is -2.02. The number of amides is 1. The number of aromatic nitrogens is 1. The third-order valence-electron chi connectivity index (χ3n) is 4.25. The second kappa shape index (κ2) is 9.15. The van der Waals surface area contributed by atoms with Gasteiger partial charge in [-0.25, -0.2) is 24.5 Å². The fraction of sp³-hybridized carbons (Fsp3) is 0.500. The lowest BCUT2D eigenvalue weighted by molar-refractivity contribution is -0.320. The van der Waals surface area contributed by atoms with Crippen molar-refractivity contribution in [1.29, 1.82) is 0 Å². The molecular formula is C16H20N4O9S. The van der Waals surface area contributed by atoms with Crippen LogP contribution in [0.2, 0.25) is 0 Å². The minimum atomic E-state index is -1.69. The van der Waals surface area contributed by atoms with E-state index in [-0.39, 0.29) is 23.0 Å². The molecule has 1 aliphatic heterocycles. The fourth-order valence-corrected chi connectivity index (χ4v) is 3.23. The number of hydrogen-bond acceptors (Lipinski definition) is 11. The molecule has 2 atom stereocenters. The molecule has 1 saturated heterocycles. The summed E-state index contributed by atoms with van der Waals surface area (Å²) in [7, 11) is 1.11. The number of aliphatic carboxylic acids is 2. The SMILES string of the molecule is COC(ON1C(=O)[C@@H](CC(=O)/C(=N\OCC(=O)O)c2csc(N)n2)C1(C)C)C(=O)O. The molecule has 14 heteroatoms. The van der Waals surface area contributed by atoms with E-state index in [9.17, 15) is 19.2 Å². The molecule has 2 heterocycles. The Bertz CT molecular complexity index is 882. The maximum atomic E-state index is 12.8. The predicted octanol–water partition coefficient (Wildman–Crippen LogP) is -0.284. The normalized spacial score (nSPS) is 19.2. The number of thiazole rings is 1. The van der Waals surface area contributed by atoms with Crippen molar-refractivity contribution in [2.24, 2.45) is 11.1 Å². The van der Waals surface area contributed by atoms with Crippen LogP contribution in [0.3, 0.4) is 0 Å². The number of anilines is 1. The molecule has 1 fully saturated rings. The summed E-state index contributed by atoms with van der Waals surface area (Å²) in [4.78, 5) is 60.6. The van der Waals surface area contributed by atoms with E-state index in [1.54, 1.807) is 13.8 Å². The van der Waals surface area contributed by atoms with E-state index in [0.717, 1.165) is 23.5 Å². The van der Waals surface area contributed by atoms with Gasteiger partial charge in [0.2, 0.25) is 6.61 Å². The van der Waals surface area contributed by atoms with Gasteiger partial charge in [0.1, 0.15) is 5.69 Å². The summed E-state index contributed by atoms with van der Waals surface area (Å²) >= 11 is 1.04. The molecule has 1 unspecified atom stereocenters. The average Bonchev–Trinajstić information content (AvgIpc) is 3.08. The number of nitrogens with two attached hydrogens (primary N) is 1. The van der Waals surface area contributed by atoms with Crippen LogP contribution in [0.15, 0.2) is 10.5 Å². The van der Waals surface area contributed by atoms with Gasteiger partial charge in [-0.3, -0.25) is 9.59 Å². The van der Waals surface area contributed by atoms with Crippen LogP contribution < -0.4 is 5.73 Å². The van der Waals surface area contributed by atoms with Crippen LogP contribution in [0, 0.1) is 5.92 Å². The molecule has 0 aliphatic carbocycles. The van der Waals surface area contributed by atoms with Gasteiger partial charge in [-0.1, -0.05) is 5.16 Å². The first-order valence-corrected chi connectivity index (χ1v) is 9.29. The number of rotatable bonds is 11. The summed E-state index contributed by atoms with van der Waals surface area (Å²) in [6, 6.07) is 0. The highest BCUT2D eigenvalue weighted by Crippen LogP contribution is 2.40. The van der Waals surface area contributed by atoms with E-state index in [0.29, 0.717) is 0 Å². The number of β-lactam (4-membered cyclic amide) rings is 1. The van der Waals surface area contributed by atoms with Gasteiger partial charge in [0, 0.05) is 18.9 Å². The van der Waals surface area contributed by atoms with Crippen molar-refractivity contribution in [2.75, 3.05) is 19.5 Å². The molecule has 4 N–H and O–H groups in total. The lowest BCUT2D eigenvalue weighted by Gasteiger charge is -2.52. The Morgan fingerprint density at radius 1 is 1.40 bits per heavy atom. The quantitative estimate of drug-likeness (QED) is 0.176. The molecule has 2 rings (SSSR count). The van der Waals surface area contributed by atoms with Crippen LogP contribution in [0.5, 0.6) is 0 Å². The zero-order valence-electron chi connectivity index (χ0n) is 16.2. The molecule has 30 heavy (non-hydrogen) atoms. The van der Waals surface area contributed by atoms with Gasteiger partial charge < -0.3 is 25.5 Å². The first-order valence-electron chi connectivity index (χ1n) is 8.41. The number of nitrogen functional groups attached to an aromatic ring is 1. The third-order valence-corrected chi connectivity index (χ3v) is 4.93. The zero-order valence-corrected chi connectivity index (χ0v) is 17.0. The molecule has 164 valence electrons. The largest absolute Gasteiger partial charge is 0.479 e. The number of ketones is 1. The van der Waals surface area contributed by atoms with Crippen molar-refractivity contribution in [3.8, 4) is 0 Å². The first-order chi connectivity index (χ1) is 14.0. The molecular weight excluding hydrogens is 424 g/mol. The van der Waals surface area contributed by atoms with Crippen molar-refractivity contribution in [3.05, 3.63) is 11.1 Å². The van der Waals surface area contributed by atoms with Gasteiger partial charge in [-0.05, 0) is 13.8 Å². The molecule has 0 aromatic carbocycles. The number of carbonyl (C=O) groups is 4. The molecule has 0 saturated carbocycles. The Hall–Kier alpha value is -3.10. The smallest absolute Gasteiger partial charge is 0.363 e. The first kappa shape index (κ1) is 23.2. The number of carboxylic acid groups (broad SMARTS) is 2. The van der Waals surface area contributed by atoms with Crippen LogP contribution in [-0.4, -0.2) is 75.1 Å².